The highest BCUT2D eigenvalue weighted by molar-refractivity contribution is 7.47. The van der Waals surface area contributed by atoms with Crippen LogP contribution in [0.15, 0.2) is 36.7 Å². The molecule has 8 atom stereocenters. The summed E-state index contributed by atoms with van der Waals surface area (Å²) in [5.74, 6) is -0.411. The predicted molar refractivity (Wildman–Crippen MR) is 207 cm³/mol. The Morgan fingerprint density at radius 2 is 1.82 bits per heavy atom. The Kier molecular flexibility index (Phi) is 16.8. The molecule has 2 fully saturated rings. The maximum Gasteiger partial charge on any atom is 0.472 e. The molecule has 3 aromatic rings. The van der Waals surface area contributed by atoms with Gasteiger partial charge in [0.05, 0.1) is 36.6 Å². The first kappa shape index (κ1) is 44.6. The van der Waals surface area contributed by atoms with E-state index in [1.807, 2.05) is 6.07 Å². The van der Waals surface area contributed by atoms with Gasteiger partial charge in [0, 0.05) is 6.61 Å². The molecule has 15 nitrogen and oxygen atoms in total. The third-order valence-corrected chi connectivity index (χ3v) is 11.8. The molecule has 0 aliphatic carbocycles. The number of nitrogen functional groups attached to an aromatic ring is 1. The van der Waals surface area contributed by atoms with Gasteiger partial charge >= 0.3 is 7.82 Å². The van der Waals surface area contributed by atoms with E-state index < -0.39 is 63.0 Å². The summed E-state index contributed by atoms with van der Waals surface area (Å²) in [7, 11) is -4.99. The van der Waals surface area contributed by atoms with Crippen molar-refractivity contribution in [3.05, 3.63) is 59.3 Å². The van der Waals surface area contributed by atoms with Crippen LogP contribution in [0.1, 0.15) is 120 Å². The zero-order valence-electron chi connectivity index (χ0n) is 32.6. The Hall–Kier alpha value is -3.54. The molecule has 4 heterocycles. The highest BCUT2D eigenvalue weighted by Crippen LogP contribution is 2.48. The van der Waals surface area contributed by atoms with Gasteiger partial charge in [0.15, 0.2) is 5.82 Å². The quantitative estimate of drug-likeness (QED) is 0.0697. The van der Waals surface area contributed by atoms with Gasteiger partial charge in [0.1, 0.15) is 54.8 Å². The summed E-state index contributed by atoms with van der Waals surface area (Å²) >= 11 is 0. The molecule has 2 aliphatic rings. The van der Waals surface area contributed by atoms with E-state index in [-0.39, 0.29) is 29.6 Å². The van der Waals surface area contributed by atoms with Gasteiger partial charge in [0.25, 0.3) is 0 Å². The van der Waals surface area contributed by atoms with Crippen molar-refractivity contribution in [3.63, 3.8) is 0 Å². The first-order chi connectivity index (χ1) is 27.5. The Balaban J connectivity index is 1.30. The number of hydrogen-bond acceptors (Lipinski definition) is 13. The number of ether oxygens (including phenoxy) is 3. The normalized spacial score (nSPS) is 25.8. The Morgan fingerprint density at radius 3 is 2.58 bits per heavy atom. The van der Waals surface area contributed by atoms with Gasteiger partial charge < -0.3 is 35.1 Å². The number of rotatable bonds is 20. The van der Waals surface area contributed by atoms with E-state index in [0.717, 1.165) is 63.9 Å². The highest BCUT2D eigenvalue weighted by Gasteiger charge is 2.57. The van der Waals surface area contributed by atoms with E-state index in [2.05, 4.69) is 17.0 Å². The molecule has 2 aliphatic heterocycles. The lowest BCUT2D eigenvalue weighted by Crippen LogP contribution is -2.45. The van der Waals surface area contributed by atoms with Crippen molar-refractivity contribution in [1.29, 1.82) is 10.5 Å². The van der Waals surface area contributed by atoms with Crippen LogP contribution < -0.4 is 5.73 Å². The number of hydrogen-bond donors (Lipinski definition) is 4. The number of unbranched alkanes of at least 4 members (excludes halogenated alkanes) is 7. The molecule has 5 N–H and O–H groups in total. The predicted octanol–water partition coefficient (Wildman–Crippen LogP) is 6.59. The largest absolute Gasteiger partial charge is 0.472 e. The molecule has 1 aromatic carbocycles. The number of nitrogens with two attached hydrogens (primary N) is 1. The van der Waals surface area contributed by atoms with Crippen LogP contribution in [-0.4, -0.2) is 79.5 Å². The van der Waals surface area contributed by atoms with Crippen molar-refractivity contribution in [1.82, 2.24) is 14.6 Å². The molecule has 5 rings (SSSR count). The van der Waals surface area contributed by atoms with E-state index in [1.54, 1.807) is 18.2 Å². The molecular formula is C40H56FN6O9P. The maximum absolute atomic E-state index is 14.4. The number of halogens is 1. The minimum absolute atomic E-state index is 0.0334. The summed E-state index contributed by atoms with van der Waals surface area (Å²) in [5, 5.41) is 45.7. The van der Waals surface area contributed by atoms with Crippen molar-refractivity contribution in [2.75, 3.05) is 25.6 Å². The second kappa shape index (κ2) is 21.5. The summed E-state index contributed by atoms with van der Waals surface area (Å²) in [4.78, 5) is 14.9. The number of phosphoric acid groups is 1. The number of anilines is 1. The summed E-state index contributed by atoms with van der Waals surface area (Å²) in [6.45, 7) is 1.10. The molecule has 0 saturated carbocycles. The van der Waals surface area contributed by atoms with E-state index in [9.17, 15) is 34.6 Å². The molecule has 0 bridgehead atoms. The smallest absolute Gasteiger partial charge is 0.387 e. The average molecular weight is 815 g/mol. The minimum atomic E-state index is -4.99. The van der Waals surface area contributed by atoms with E-state index in [0.29, 0.717) is 17.7 Å². The topological polar surface area (TPSA) is 228 Å². The van der Waals surface area contributed by atoms with Crippen molar-refractivity contribution in [2.24, 2.45) is 5.92 Å². The van der Waals surface area contributed by atoms with Crippen LogP contribution in [0, 0.1) is 34.4 Å². The Morgan fingerprint density at radius 1 is 1.07 bits per heavy atom. The van der Waals surface area contributed by atoms with Crippen LogP contribution >= 0.6 is 7.82 Å². The molecular weight excluding hydrogens is 758 g/mol. The number of aromatic nitrogens is 3. The first-order valence-corrected chi connectivity index (χ1v) is 21.6. The summed E-state index contributed by atoms with van der Waals surface area (Å²) in [6.07, 6.45) is 9.82. The maximum atomic E-state index is 14.4. The van der Waals surface area contributed by atoms with Crippen molar-refractivity contribution < 1.29 is 47.3 Å². The Labute approximate surface area is 333 Å². The SMILES string of the molecule is CCCCCCCCCC[C@H]1CCCCCCOC1[C@H](COP(=O)(O)OC[C@@]1(C#N)O[C@@H](c2ccc3c(N)ncnn23)[C@H](O)[C@@H]1O)OCc1cc(F)cc(C#N)c1. The molecule has 0 radical (unpaired) electrons. The number of fused-ring (bicyclic) bond motifs is 1. The molecule has 57 heavy (non-hydrogen) atoms. The summed E-state index contributed by atoms with van der Waals surface area (Å²) in [6, 6.07) is 10.8. The van der Waals surface area contributed by atoms with Crippen LogP contribution in [0.4, 0.5) is 10.2 Å². The number of benzene rings is 1. The zero-order valence-corrected chi connectivity index (χ0v) is 33.5. The minimum Gasteiger partial charge on any atom is -0.387 e. The fraction of sp³-hybridized carbons (Fsp3) is 0.650. The van der Waals surface area contributed by atoms with Crippen LogP contribution in [0.3, 0.4) is 0 Å². The Bertz CT molecular complexity index is 1870. The zero-order chi connectivity index (χ0) is 40.8. The third-order valence-electron chi connectivity index (χ3n) is 10.9. The van der Waals surface area contributed by atoms with Crippen LogP contribution in [-0.2, 0) is 34.4 Å². The van der Waals surface area contributed by atoms with E-state index in [4.69, 9.17) is 29.0 Å². The van der Waals surface area contributed by atoms with Gasteiger partial charge in [0.2, 0.25) is 5.60 Å². The van der Waals surface area contributed by atoms with Gasteiger partial charge in [-0.05, 0) is 61.1 Å². The molecule has 0 amide bonds. The second-order valence-electron chi connectivity index (χ2n) is 15.1. The van der Waals surface area contributed by atoms with Gasteiger partial charge in [-0.2, -0.15) is 15.6 Å². The number of aliphatic hydroxyl groups excluding tert-OH is 2. The van der Waals surface area contributed by atoms with Gasteiger partial charge in [-0.25, -0.2) is 18.5 Å². The van der Waals surface area contributed by atoms with Crippen LogP contribution in [0.5, 0.6) is 0 Å². The third kappa shape index (κ3) is 12.0. The summed E-state index contributed by atoms with van der Waals surface area (Å²) < 4.78 is 58.8. The fourth-order valence-corrected chi connectivity index (χ4v) is 8.50. The van der Waals surface area contributed by atoms with E-state index >= 15 is 0 Å². The van der Waals surface area contributed by atoms with Crippen molar-refractivity contribution >= 4 is 19.2 Å². The number of phosphoric ester groups is 1. The number of aliphatic hydroxyl groups is 2. The van der Waals surface area contributed by atoms with Gasteiger partial charge in [-0.3, -0.25) is 9.05 Å². The first-order valence-electron chi connectivity index (χ1n) is 20.1. The van der Waals surface area contributed by atoms with Crippen molar-refractivity contribution in [2.45, 2.75) is 140 Å². The molecule has 2 unspecified atom stereocenters. The van der Waals surface area contributed by atoms with Crippen LogP contribution in [0.25, 0.3) is 5.52 Å². The number of nitrogens with zero attached hydrogens (tertiary/aromatic N) is 5. The highest BCUT2D eigenvalue weighted by atomic mass is 31.2. The molecule has 2 saturated heterocycles. The molecule has 0 spiro atoms. The monoisotopic (exact) mass is 814 g/mol. The molecule has 312 valence electrons. The standard InChI is InChI=1S/C40H56FN6O9P/c1-2-3-4-5-6-7-8-11-14-30-15-12-9-10-13-18-52-36(30)34(53-23-29-19-28(22-42)20-31(41)21-29)24-54-57(50,51)55-26-40(25-43)38(49)35(48)37(56-40)32-16-17-33-39(44)45-27-46-47(32)33/h16-17,19-21,27,30,34-38,48-49H,2-15,18,23-24,26H2,1H3,(H,50,51)(H2,44,45,46)/t30-,34-,35-,36?,37-,38-,40+/m0/s1. The van der Waals surface area contributed by atoms with Crippen molar-refractivity contribution in [3.8, 4) is 12.1 Å². The van der Waals surface area contributed by atoms with Gasteiger partial charge in [-0.15, -0.1) is 0 Å². The second-order valence-corrected chi connectivity index (χ2v) is 16.5. The molecule has 17 heteroatoms. The van der Waals surface area contributed by atoms with Crippen LogP contribution in [0.2, 0.25) is 0 Å². The average Bonchev–Trinajstić information content (AvgIpc) is 3.77. The number of nitriles is 2. The van der Waals surface area contributed by atoms with Gasteiger partial charge in [-0.1, -0.05) is 77.6 Å². The summed E-state index contributed by atoms with van der Waals surface area (Å²) in [5.41, 5.74) is 4.83. The molecule has 2 aromatic heterocycles. The van der Waals surface area contributed by atoms with E-state index in [1.165, 1.54) is 55.1 Å². The lowest BCUT2D eigenvalue weighted by Gasteiger charge is -2.34. The lowest BCUT2D eigenvalue weighted by molar-refractivity contribution is -0.122. The fourth-order valence-electron chi connectivity index (χ4n) is 7.74. The lowest BCUT2D eigenvalue weighted by atomic mass is 9.87.